The van der Waals surface area contributed by atoms with Crippen LogP contribution in [0.2, 0.25) is 5.02 Å². The van der Waals surface area contributed by atoms with E-state index in [-0.39, 0.29) is 12.0 Å². The molecule has 0 saturated heterocycles. The molecule has 1 aromatic rings. The Labute approximate surface area is 102 Å². The molecule has 2 nitrogen and oxygen atoms in total. The maximum atomic E-state index is 9.16. The molecule has 0 saturated carbocycles. The number of ether oxygens (including phenoxy) is 1. The van der Waals surface area contributed by atoms with Gasteiger partial charge >= 0.3 is 0 Å². The average molecular weight is 243 g/mol. The zero-order valence-electron chi connectivity index (χ0n) is 10.3. The summed E-state index contributed by atoms with van der Waals surface area (Å²) in [7, 11) is 0. The highest BCUT2D eigenvalue weighted by Gasteiger charge is 2.20. The van der Waals surface area contributed by atoms with E-state index in [0.29, 0.717) is 17.2 Å². The largest absolute Gasteiger partial charge is 0.494 e. The first-order valence-electron chi connectivity index (χ1n) is 5.46. The summed E-state index contributed by atoms with van der Waals surface area (Å²) in [5.74, 6) is 0.809. The fourth-order valence-corrected chi connectivity index (χ4v) is 1.80. The molecule has 3 heteroatoms. The van der Waals surface area contributed by atoms with Crippen LogP contribution in [0, 0.1) is 0 Å². The van der Waals surface area contributed by atoms with Crippen LogP contribution >= 0.6 is 11.6 Å². The zero-order valence-corrected chi connectivity index (χ0v) is 11.1. The molecule has 0 aliphatic heterocycles. The first-order chi connectivity index (χ1) is 7.40. The number of rotatable bonds is 3. The van der Waals surface area contributed by atoms with E-state index in [1.54, 1.807) is 0 Å². The van der Waals surface area contributed by atoms with E-state index < -0.39 is 0 Å². The first kappa shape index (κ1) is 13.3. The molecule has 1 rings (SSSR count). The lowest BCUT2D eigenvalue weighted by molar-refractivity contribution is 0.279. The molecule has 0 amide bonds. The Kier molecular flexibility index (Phi) is 4.22. The van der Waals surface area contributed by atoms with Crippen molar-refractivity contribution in [1.82, 2.24) is 0 Å². The lowest BCUT2D eigenvalue weighted by Crippen LogP contribution is -2.14. The molecule has 90 valence electrons. The van der Waals surface area contributed by atoms with Crippen LogP contribution in [-0.2, 0) is 12.0 Å². The molecular formula is C13H19ClO2. The Morgan fingerprint density at radius 1 is 1.31 bits per heavy atom. The summed E-state index contributed by atoms with van der Waals surface area (Å²) < 4.78 is 5.59. The number of aliphatic hydroxyl groups excluding tert-OH is 1. The van der Waals surface area contributed by atoms with Crippen LogP contribution in [0.1, 0.15) is 38.8 Å². The molecule has 0 unspecified atom stereocenters. The molecule has 0 radical (unpaired) electrons. The molecular weight excluding hydrogens is 224 g/mol. The smallest absolute Gasteiger partial charge is 0.123 e. The Bertz CT molecular complexity index is 367. The van der Waals surface area contributed by atoms with Crippen molar-refractivity contribution in [2.24, 2.45) is 0 Å². The maximum absolute atomic E-state index is 9.16. The van der Waals surface area contributed by atoms with Gasteiger partial charge in [-0.05, 0) is 30.0 Å². The third-order valence-corrected chi connectivity index (χ3v) is 2.78. The van der Waals surface area contributed by atoms with Gasteiger partial charge in [0.05, 0.1) is 13.2 Å². The van der Waals surface area contributed by atoms with E-state index in [0.717, 1.165) is 11.3 Å². The third kappa shape index (κ3) is 2.89. The summed E-state index contributed by atoms with van der Waals surface area (Å²) in [6.07, 6.45) is 0. The second-order valence-corrected chi connectivity index (χ2v) is 5.19. The molecule has 0 aromatic heterocycles. The van der Waals surface area contributed by atoms with E-state index in [2.05, 4.69) is 20.8 Å². The number of benzene rings is 1. The van der Waals surface area contributed by atoms with E-state index in [4.69, 9.17) is 21.4 Å². The van der Waals surface area contributed by atoms with Crippen molar-refractivity contribution in [2.75, 3.05) is 6.61 Å². The molecule has 1 aromatic carbocycles. The molecule has 0 fully saturated rings. The van der Waals surface area contributed by atoms with E-state index in [1.807, 2.05) is 19.1 Å². The van der Waals surface area contributed by atoms with Gasteiger partial charge in [0, 0.05) is 10.6 Å². The minimum Gasteiger partial charge on any atom is -0.494 e. The minimum atomic E-state index is -0.0661. The predicted molar refractivity (Wildman–Crippen MR) is 67.2 cm³/mol. The molecule has 0 aliphatic carbocycles. The van der Waals surface area contributed by atoms with Gasteiger partial charge in [-0.2, -0.15) is 0 Å². The zero-order chi connectivity index (χ0) is 12.3. The quantitative estimate of drug-likeness (QED) is 0.879. The van der Waals surface area contributed by atoms with Crippen molar-refractivity contribution < 1.29 is 9.84 Å². The van der Waals surface area contributed by atoms with Crippen LogP contribution < -0.4 is 4.74 Å². The monoisotopic (exact) mass is 242 g/mol. The van der Waals surface area contributed by atoms with E-state index >= 15 is 0 Å². The molecule has 0 atom stereocenters. The lowest BCUT2D eigenvalue weighted by atomic mass is 9.86. The van der Waals surface area contributed by atoms with E-state index in [9.17, 15) is 0 Å². The summed E-state index contributed by atoms with van der Waals surface area (Å²) in [6.45, 7) is 8.82. The number of aliphatic hydroxyl groups is 1. The van der Waals surface area contributed by atoms with Crippen LogP contribution in [-0.4, -0.2) is 11.7 Å². The molecule has 0 aliphatic rings. The van der Waals surface area contributed by atoms with Crippen molar-refractivity contribution in [1.29, 1.82) is 0 Å². The van der Waals surface area contributed by atoms with Crippen LogP contribution in [0.5, 0.6) is 5.75 Å². The van der Waals surface area contributed by atoms with Gasteiger partial charge in [0.15, 0.2) is 0 Å². The normalized spacial score (nSPS) is 11.6. The summed E-state index contributed by atoms with van der Waals surface area (Å²) in [5.41, 5.74) is 1.75. The fraction of sp³-hybridized carbons (Fsp3) is 0.538. The Balaban J connectivity index is 3.30. The minimum absolute atomic E-state index is 0.0257. The molecule has 16 heavy (non-hydrogen) atoms. The second-order valence-electron chi connectivity index (χ2n) is 4.78. The van der Waals surface area contributed by atoms with E-state index in [1.165, 1.54) is 0 Å². The van der Waals surface area contributed by atoms with Gasteiger partial charge in [-0.1, -0.05) is 32.4 Å². The molecule has 0 heterocycles. The number of hydrogen-bond acceptors (Lipinski definition) is 2. The predicted octanol–water partition coefficient (Wildman–Crippen LogP) is 3.53. The summed E-state index contributed by atoms with van der Waals surface area (Å²) in [5, 5.41) is 9.76. The highest BCUT2D eigenvalue weighted by Crippen LogP contribution is 2.35. The Hall–Kier alpha value is -0.730. The van der Waals surface area contributed by atoms with Gasteiger partial charge in [-0.3, -0.25) is 0 Å². The van der Waals surface area contributed by atoms with Gasteiger partial charge in [0.2, 0.25) is 0 Å². The second kappa shape index (κ2) is 5.07. The maximum Gasteiger partial charge on any atom is 0.123 e. The lowest BCUT2D eigenvalue weighted by Gasteiger charge is -2.23. The van der Waals surface area contributed by atoms with Gasteiger partial charge in [-0.25, -0.2) is 0 Å². The van der Waals surface area contributed by atoms with Crippen LogP contribution in [0.15, 0.2) is 12.1 Å². The van der Waals surface area contributed by atoms with Gasteiger partial charge in [-0.15, -0.1) is 0 Å². The summed E-state index contributed by atoms with van der Waals surface area (Å²) in [6, 6.07) is 3.71. The average Bonchev–Trinajstić information content (AvgIpc) is 2.19. The van der Waals surface area contributed by atoms with Crippen LogP contribution in [0.4, 0.5) is 0 Å². The van der Waals surface area contributed by atoms with Crippen LogP contribution in [0.25, 0.3) is 0 Å². The standard InChI is InChI=1S/C13H19ClO2/c1-5-16-12-6-9(8-15)11(14)7-10(12)13(2,3)4/h6-7,15H,5,8H2,1-4H3. The van der Waals surface area contributed by atoms with Crippen molar-refractivity contribution in [2.45, 2.75) is 39.7 Å². The highest BCUT2D eigenvalue weighted by molar-refractivity contribution is 6.31. The topological polar surface area (TPSA) is 29.5 Å². The summed E-state index contributed by atoms with van der Waals surface area (Å²) in [4.78, 5) is 0. The van der Waals surface area contributed by atoms with Gasteiger partial charge in [0.25, 0.3) is 0 Å². The molecule has 0 spiro atoms. The SMILES string of the molecule is CCOc1cc(CO)c(Cl)cc1C(C)(C)C. The van der Waals surface area contributed by atoms with Crippen LogP contribution in [0.3, 0.4) is 0 Å². The Morgan fingerprint density at radius 2 is 1.94 bits per heavy atom. The summed E-state index contributed by atoms with van der Waals surface area (Å²) >= 11 is 6.09. The third-order valence-electron chi connectivity index (χ3n) is 2.43. The van der Waals surface area contributed by atoms with Crippen molar-refractivity contribution in [3.63, 3.8) is 0 Å². The van der Waals surface area contributed by atoms with Gasteiger partial charge < -0.3 is 9.84 Å². The highest BCUT2D eigenvalue weighted by atomic mass is 35.5. The fourth-order valence-electron chi connectivity index (χ4n) is 1.58. The number of hydrogen-bond donors (Lipinski definition) is 1. The molecule has 0 bridgehead atoms. The first-order valence-corrected chi connectivity index (χ1v) is 5.84. The van der Waals surface area contributed by atoms with Crippen molar-refractivity contribution in [3.8, 4) is 5.75 Å². The molecule has 1 N–H and O–H groups in total. The van der Waals surface area contributed by atoms with Crippen molar-refractivity contribution >= 4 is 11.6 Å². The van der Waals surface area contributed by atoms with Gasteiger partial charge in [0.1, 0.15) is 5.75 Å². The van der Waals surface area contributed by atoms with Crippen molar-refractivity contribution in [3.05, 3.63) is 28.3 Å². The number of halogens is 1. The Morgan fingerprint density at radius 3 is 2.38 bits per heavy atom.